The molecule has 72 valence electrons. The van der Waals surface area contributed by atoms with Gasteiger partial charge < -0.3 is 11.5 Å². The lowest BCUT2D eigenvalue weighted by Crippen LogP contribution is -1.91. The SMILES string of the molecule is Cc1ccc(N)cc1N.O=S(=O)=O. The summed E-state index contributed by atoms with van der Waals surface area (Å²) in [5.41, 5.74) is 13.5. The molecule has 4 N–H and O–H groups in total. The van der Waals surface area contributed by atoms with E-state index in [0.717, 1.165) is 16.9 Å². The van der Waals surface area contributed by atoms with Crippen LogP contribution >= 0.6 is 0 Å². The quantitative estimate of drug-likeness (QED) is 0.583. The smallest absolute Gasteiger partial charge is 0.399 e. The van der Waals surface area contributed by atoms with Crippen LogP contribution in [0.15, 0.2) is 18.2 Å². The average Bonchev–Trinajstić information content (AvgIpc) is 1.96. The van der Waals surface area contributed by atoms with E-state index >= 15 is 0 Å². The van der Waals surface area contributed by atoms with Gasteiger partial charge in [0, 0.05) is 11.4 Å². The normalized spacial score (nSPS) is 8.38. The molecule has 0 saturated heterocycles. The minimum atomic E-state index is -3.11. The zero-order valence-corrected chi connectivity index (χ0v) is 7.84. The van der Waals surface area contributed by atoms with Gasteiger partial charge in [-0.05, 0) is 24.6 Å². The Morgan fingerprint density at radius 1 is 1.15 bits per heavy atom. The van der Waals surface area contributed by atoms with Crippen LogP contribution in [0, 0.1) is 6.92 Å². The van der Waals surface area contributed by atoms with E-state index < -0.39 is 10.6 Å². The predicted octanol–water partition coefficient (Wildman–Crippen LogP) is 0.155. The zero-order valence-electron chi connectivity index (χ0n) is 7.02. The highest BCUT2D eigenvalue weighted by molar-refractivity contribution is 7.59. The Hall–Kier alpha value is -1.56. The van der Waals surface area contributed by atoms with E-state index in [9.17, 15) is 0 Å². The van der Waals surface area contributed by atoms with Crippen molar-refractivity contribution < 1.29 is 12.6 Å². The minimum Gasteiger partial charge on any atom is -0.399 e. The molecule has 0 atom stereocenters. The van der Waals surface area contributed by atoms with Gasteiger partial charge in [-0.3, -0.25) is 0 Å². The fraction of sp³-hybridized carbons (Fsp3) is 0.143. The van der Waals surface area contributed by atoms with E-state index in [1.807, 2.05) is 19.1 Å². The van der Waals surface area contributed by atoms with Crippen molar-refractivity contribution in [3.8, 4) is 0 Å². The monoisotopic (exact) mass is 202 g/mol. The van der Waals surface area contributed by atoms with Crippen molar-refractivity contribution in [2.45, 2.75) is 6.92 Å². The van der Waals surface area contributed by atoms with Crippen molar-refractivity contribution in [3.63, 3.8) is 0 Å². The lowest BCUT2D eigenvalue weighted by molar-refractivity contribution is 0.559. The number of hydrogen-bond donors (Lipinski definition) is 2. The number of hydrogen-bond acceptors (Lipinski definition) is 5. The maximum absolute atomic E-state index is 8.44. The first-order chi connectivity index (χ1) is 5.93. The van der Waals surface area contributed by atoms with E-state index in [0.29, 0.717) is 0 Å². The van der Waals surface area contributed by atoms with E-state index in [1.165, 1.54) is 0 Å². The van der Waals surface area contributed by atoms with Crippen LogP contribution in [0.1, 0.15) is 5.56 Å². The van der Waals surface area contributed by atoms with Crippen molar-refractivity contribution in [3.05, 3.63) is 23.8 Å². The Bertz CT molecular complexity index is 378. The molecule has 0 spiro atoms. The van der Waals surface area contributed by atoms with Crippen molar-refractivity contribution in [2.24, 2.45) is 0 Å². The number of anilines is 2. The van der Waals surface area contributed by atoms with Crippen LogP contribution in [0.5, 0.6) is 0 Å². The van der Waals surface area contributed by atoms with E-state index in [-0.39, 0.29) is 0 Å². The molecule has 0 aliphatic rings. The molecule has 0 heterocycles. The van der Waals surface area contributed by atoms with Crippen LogP contribution < -0.4 is 11.5 Å². The molecule has 0 amide bonds. The van der Waals surface area contributed by atoms with Gasteiger partial charge in [-0.1, -0.05) is 6.07 Å². The summed E-state index contributed by atoms with van der Waals surface area (Å²) in [5, 5.41) is 0. The molecule has 0 saturated carbocycles. The van der Waals surface area contributed by atoms with Gasteiger partial charge in [-0.15, -0.1) is 12.6 Å². The fourth-order valence-corrected chi connectivity index (χ4v) is 0.659. The van der Waals surface area contributed by atoms with Gasteiger partial charge in [0.2, 0.25) is 0 Å². The highest BCUT2D eigenvalue weighted by Gasteiger charge is 1.90. The van der Waals surface area contributed by atoms with Crippen molar-refractivity contribution in [1.29, 1.82) is 0 Å². The van der Waals surface area contributed by atoms with E-state index in [1.54, 1.807) is 6.07 Å². The summed E-state index contributed by atoms with van der Waals surface area (Å²) in [4.78, 5) is 0. The van der Waals surface area contributed by atoms with Crippen LogP contribution in [0.2, 0.25) is 0 Å². The van der Waals surface area contributed by atoms with Gasteiger partial charge in [0.25, 0.3) is 0 Å². The third-order valence-electron chi connectivity index (χ3n) is 1.30. The molecule has 0 unspecified atom stereocenters. The number of nitrogens with two attached hydrogens (primary N) is 2. The Morgan fingerprint density at radius 3 is 1.92 bits per heavy atom. The van der Waals surface area contributed by atoms with Gasteiger partial charge in [0.1, 0.15) is 0 Å². The Morgan fingerprint density at radius 2 is 1.62 bits per heavy atom. The van der Waals surface area contributed by atoms with Crippen LogP contribution in [-0.2, 0) is 10.6 Å². The Balaban J connectivity index is 0.000000310. The molecule has 1 aromatic rings. The molecule has 0 aliphatic carbocycles. The minimum absolute atomic E-state index is 0.720. The van der Waals surface area contributed by atoms with Crippen molar-refractivity contribution in [1.82, 2.24) is 0 Å². The first kappa shape index (κ1) is 11.4. The van der Waals surface area contributed by atoms with Crippen molar-refractivity contribution >= 4 is 22.0 Å². The summed E-state index contributed by atoms with van der Waals surface area (Å²) >= 11 is 0. The first-order valence-electron chi connectivity index (χ1n) is 3.32. The third kappa shape index (κ3) is 5.68. The largest absolute Gasteiger partial charge is 0.425 e. The van der Waals surface area contributed by atoms with Gasteiger partial charge in [0.15, 0.2) is 0 Å². The van der Waals surface area contributed by atoms with Crippen molar-refractivity contribution in [2.75, 3.05) is 11.5 Å². The summed E-state index contributed by atoms with van der Waals surface area (Å²) in [6, 6.07) is 5.51. The van der Waals surface area contributed by atoms with Crippen LogP contribution in [-0.4, -0.2) is 12.6 Å². The van der Waals surface area contributed by atoms with E-state index in [4.69, 9.17) is 24.1 Å². The molecule has 0 fully saturated rings. The van der Waals surface area contributed by atoms with Crippen LogP contribution in [0.3, 0.4) is 0 Å². The maximum Gasteiger partial charge on any atom is 0.425 e. The van der Waals surface area contributed by atoms with Crippen LogP contribution in [0.4, 0.5) is 11.4 Å². The highest BCUT2D eigenvalue weighted by atomic mass is 32.2. The topological polar surface area (TPSA) is 103 Å². The molecule has 0 aliphatic heterocycles. The molecular weight excluding hydrogens is 192 g/mol. The summed E-state index contributed by atoms with van der Waals surface area (Å²) in [6.07, 6.45) is 0. The third-order valence-corrected chi connectivity index (χ3v) is 1.30. The van der Waals surface area contributed by atoms with Gasteiger partial charge in [-0.2, -0.15) is 0 Å². The predicted molar refractivity (Wildman–Crippen MR) is 49.7 cm³/mol. The molecule has 0 aromatic heterocycles. The molecule has 0 bridgehead atoms. The van der Waals surface area contributed by atoms with Crippen LogP contribution in [0.25, 0.3) is 0 Å². The molecule has 6 heteroatoms. The van der Waals surface area contributed by atoms with Gasteiger partial charge >= 0.3 is 10.6 Å². The second-order valence-electron chi connectivity index (χ2n) is 2.32. The molecule has 1 aromatic carbocycles. The summed E-state index contributed by atoms with van der Waals surface area (Å²) < 4.78 is 25.3. The average molecular weight is 202 g/mol. The first-order valence-corrected chi connectivity index (χ1v) is 4.32. The molecule has 13 heavy (non-hydrogen) atoms. The zero-order chi connectivity index (χ0) is 10.4. The summed E-state index contributed by atoms with van der Waals surface area (Å²) in [5.74, 6) is 0. The number of benzene rings is 1. The maximum atomic E-state index is 8.44. The van der Waals surface area contributed by atoms with Gasteiger partial charge in [-0.25, -0.2) is 0 Å². The standard InChI is InChI=1S/C7H10N2.O3S/c1-5-2-3-6(8)4-7(5)9;1-4(2)3/h2-4H,8-9H2,1H3;. The Kier molecular flexibility index (Phi) is 4.53. The van der Waals surface area contributed by atoms with E-state index in [2.05, 4.69) is 0 Å². The lowest BCUT2D eigenvalue weighted by atomic mass is 10.2. The second-order valence-corrected chi connectivity index (χ2v) is 2.73. The molecule has 5 nitrogen and oxygen atoms in total. The highest BCUT2D eigenvalue weighted by Crippen LogP contribution is 2.13. The molecular formula is C7H10N2O3S. The summed E-state index contributed by atoms with van der Waals surface area (Å²) in [6.45, 7) is 1.95. The lowest BCUT2D eigenvalue weighted by Gasteiger charge is -1.98. The van der Waals surface area contributed by atoms with Gasteiger partial charge in [0.05, 0.1) is 0 Å². The molecule has 0 radical (unpaired) electrons. The number of aryl methyl sites for hydroxylation is 1. The molecule has 1 rings (SSSR count). The Labute approximate surface area is 77.4 Å². The summed E-state index contributed by atoms with van der Waals surface area (Å²) in [7, 11) is -3.11. The number of nitrogen functional groups attached to an aromatic ring is 2. The number of rotatable bonds is 0. The second kappa shape index (κ2) is 5.15. The fourth-order valence-electron chi connectivity index (χ4n) is 0.659.